The summed E-state index contributed by atoms with van der Waals surface area (Å²) in [5, 5.41) is 6.20. The number of anilines is 2. The van der Waals surface area contributed by atoms with Crippen LogP contribution in [0.1, 0.15) is 41.7 Å². The Morgan fingerprint density at radius 2 is 1.79 bits per heavy atom. The van der Waals surface area contributed by atoms with Crippen molar-refractivity contribution in [1.29, 1.82) is 0 Å². The molecular weight excluding hydrogens is 438 g/mol. The smallest absolute Gasteiger partial charge is 0.378 e. The van der Waals surface area contributed by atoms with Crippen LogP contribution in [0.4, 0.5) is 29.1 Å². The van der Waals surface area contributed by atoms with Crippen LogP contribution in [0.5, 0.6) is 0 Å². The minimum atomic E-state index is -4.51. The molecule has 2 heterocycles. The van der Waals surface area contributed by atoms with Crippen LogP contribution in [0, 0.1) is 5.82 Å². The first kappa shape index (κ1) is 22.9. The number of halogens is 4. The third-order valence-corrected chi connectivity index (χ3v) is 5.91. The predicted octanol–water partition coefficient (Wildman–Crippen LogP) is 4.71. The normalized spacial score (nSPS) is 18.8. The molecule has 0 unspecified atom stereocenters. The highest BCUT2D eigenvalue weighted by Crippen LogP contribution is 2.30. The minimum absolute atomic E-state index is 0.00750. The Labute approximate surface area is 188 Å². The third-order valence-electron chi connectivity index (χ3n) is 5.91. The number of amides is 1. The van der Waals surface area contributed by atoms with Gasteiger partial charge in [-0.15, -0.1) is 0 Å². The summed E-state index contributed by atoms with van der Waals surface area (Å²) < 4.78 is 54.8. The molecule has 2 aromatic heterocycles. The van der Waals surface area contributed by atoms with E-state index in [2.05, 4.69) is 15.6 Å². The molecule has 0 aliphatic heterocycles. The van der Waals surface area contributed by atoms with Gasteiger partial charge in [0.05, 0.1) is 5.56 Å². The van der Waals surface area contributed by atoms with Crippen molar-refractivity contribution in [2.75, 3.05) is 24.3 Å². The van der Waals surface area contributed by atoms with Crippen molar-refractivity contribution in [2.24, 2.45) is 0 Å². The lowest BCUT2D eigenvalue weighted by Gasteiger charge is -2.30. The summed E-state index contributed by atoms with van der Waals surface area (Å²) in [5.41, 5.74) is -0.0383. The number of nitrogens with one attached hydrogen (secondary N) is 2. The number of hydrogen-bond acceptors (Lipinski definition) is 4. The van der Waals surface area contributed by atoms with Gasteiger partial charge in [-0.3, -0.25) is 9.20 Å². The summed E-state index contributed by atoms with van der Waals surface area (Å²) in [7, 11) is 3.59. The van der Waals surface area contributed by atoms with Crippen LogP contribution >= 0.6 is 0 Å². The zero-order valence-corrected chi connectivity index (χ0v) is 18.3. The lowest BCUT2D eigenvalue weighted by Crippen LogP contribution is -2.40. The fraction of sp³-hybridized carbons (Fsp3) is 0.391. The molecule has 1 saturated carbocycles. The average molecular weight is 463 g/mol. The molecule has 6 nitrogen and oxygen atoms in total. The van der Waals surface area contributed by atoms with E-state index in [4.69, 9.17) is 0 Å². The van der Waals surface area contributed by atoms with Crippen LogP contribution in [-0.2, 0) is 6.18 Å². The molecule has 4 rings (SSSR count). The average Bonchev–Trinajstić information content (AvgIpc) is 3.21. The Morgan fingerprint density at radius 1 is 1.09 bits per heavy atom. The SMILES string of the molecule is CN(C)c1ccc(C(=O)N[C@H]2CC[C@@H](Nc3cccc4nc(C(F)(F)F)cn34)CC2)c(F)c1. The zero-order chi connectivity index (χ0) is 23.8. The van der Waals surface area contributed by atoms with E-state index in [1.165, 1.54) is 22.6 Å². The second-order valence-corrected chi connectivity index (χ2v) is 8.49. The Morgan fingerprint density at radius 3 is 2.42 bits per heavy atom. The molecule has 10 heteroatoms. The van der Waals surface area contributed by atoms with Gasteiger partial charge in [0.1, 0.15) is 17.3 Å². The van der Waals surface area contributed by atoms with Gasteiger partial charge in [-0.05, 0) is 56.0 Å². The fourth-order valence-electron chi connectivity index (χ4n) is 4.09. The summed E-state index contributed by atoms with van der Waals surface area (Å²) in [6.07, 6.45) is -0.747. The second kappa shape index (κ2) is 8.92. The number of hydrogen-bond donors (Lipinski definition) is 2. The first-order valence-electron chi connectivity index (χ1n) is 10.7. The molecule has 1 aliphatic carbocycles. The van der Waals surface area contributed by atoms with E-state index in [0.29, 0.717) is 37.2 Å². The van der Waals surface area contributed by atoms with Gasteiger partial charge in [-0.2, -0.15) is 13.2 Å². The van der Waals surface area contributed by atoms with Gasteiger partial charge in [0.15, 0.2) is 5.69 Å². The molecule has 3 aromatic rings. The molecule has 0 bridgehead atoms. The lowest BCUT2D eigenvalue weighted by atomic mass is 9.91. The first-order valence-corrected chi connectivity index (χ1v) is 10.7. The highest BCUT2D eigenvalue weighted by Gasteiger charge is 2.34. The van der Waals surface area contributed by atoms with Crippen molar-refractivity contribution in [2.45, 2.75) is 43.9 Å². The number of carbonyl (C=O) groups excluding carboxylic acids is 1. The summed E-state index contributed by atoms with van der Waals surface area (Å²) in [4.78, 5) is 17.9. The van der Waals surface area contributed by atoms with Crippen molar-refractivity contribution < 1.29 is 22.4 Å². The number of fused-ring (bicyclic) bond motifs is 1. The predicted molar refractivity (Wildman–Crippen MR) is 118 cm³/mol. The maximum atomic E-state index is 14.3. The minimum Gasteiger partial charge on any atom is -0.378 e. The van der Waals surface area contributed by atoms with Gasteiger partial charge in [0.2, 0.25) is 0 Å². The van der Waals surface area contributed by atoms with E-state index in [1.807, 2.05) is 0 Å². The van der Waals surface area contributed by atoms with Crippen LogP contribution < -0.4 is 15.5 Å². The molecule has 33 heavy (non-hydrogen) atoms. The van der Waals surface area contributed by atoms with Gasteiger partial charge in [0.25, 0.3) is 5.91 Å². The first-order chi connectivity index (χ1) is 15.6. The van der Waals surface area contributed by atoms with Crippen LogP contribution in [0.2, 0.25) is 0 Å². The number of aromatic nitrogens is 2. The van der Waals surface area contributed by atoms with Crippen LogP contribution in [0.3, 0.4) is 0 Å². The Hall–Kier alpha value is -3.30. The van der Waals surface area contributed by atoms with Crippen molar-refractivity contribution in [3.05, 3.63) is 59.7 Å². The fourth-order valence-corrected chi connectivity index (χ4v) is 4.09. The molecule has 2 N–H and O–H groups in total. The molecule has 0 radical (unpaired) electrons. The van der Waals surface area contributed by atoms with Crippen LogP contribution in [0.15, 0.2) is 42.6 Å². The van der Waals surface area contributed by atoms with E-state index in [0.717, 1.165) is 6.20 Å². The third kappa shape index (κ3) is 5.04. The van der Waals surface area contributed by atoms with Gasteiger partial charge >= 0.3 is 6.18 Å². The zero-order valence-electron chi connectivity index (χ0n) is 18.3. The molecule has 1 fully saturated rings. The van der Waals surface area contributed by atoms with Crippen LogP contribution in [0.25, 0.3) is 5.65 Å². The number of rotatable bonds is 5. The number of nitrogens with zero attached hydrogens (tertiary/aromatic N) is 3. The Kier molecular flexibility index (Phi) is 6.18. The van der Waals surface area contributed by atoms with Gasteiger partial charge in [-0.1, -0.05) is 6.07 Å². The number of alkyl halides is 3. The molecule has 0 atom stereocenters. The van der Waals surface area contributed by atoms with Crippen molar-refractivity contribution in [3.8, 4) is 0 Å². The number of carbonyl (C=O) groups is 1. The number of benzene rings is 1. The van der Waals surface area contributed by atoms with Crippen LogP contribution in [-0.4, -0.2) is 41.5 Å². The van der Waals surface area contributed by atoms with Crippen molar-refractivity contribution >= 4 is 23.1 Å². The largest absolute Gasteiger partial charge is 0.434 e. The van der Waals surface area contributed by atoms with E-state index < -0.39 is 23.6 Å². The molecule has 1 aliphatic rings. The quantitative estimate of drug-likeness (QED) is 0.538. The highest BCUT2D eigenvalue weighted by atomic mass is 19.4. The topological polar surface area (TPSA) is 61.7 Å². The summed E-state index contributed by atoms with van der Waals surface area (Å²) >= 11 is 0. The molecular formula is C23H25F4N5O. The molecule has 1 aromatic carbocycles. The standard InChI is InChI=1S/C23H25F4N5O/c1-31(2)16-10-11-17(18(24)12-16)22(33)29-15-8-6-14(7-9-15)28-20-4-3-5-21-30-19(13-32(20)21)23(25,26)27/h3-5,10-15,28H,6-9H2,1-2H3,(H,29,33)/t14-,15+. The summed E-state index contributed by atoms with van der Waals surface area (Å²) in [6.45, 7) is 0. The lowest BCUT2D eigenvalue weighted by molar-refractivity contribution is -0.140. The highest BCUT2D eigenvalue weighted by molar-refractivity contribution is 5.95. The summed E-state index contributed by atoms with van der Waals surface area (Å²) in [5.74, 6) is -0.483. The van der Waals surface area contributed by atoms with E-state index in [1.54, 1.807) is 37.2 Å². The van der Waals surface area contributed by atoms with E-state index in [9.17, 15) is 22.4 Å². The molecule has 176 valence electrons. The second-order valence-electron chi connectivity index (χ2n) is 8.49. The molecule has 1 amide bonds. The van der Waals surface area contributed by atoms with Gasteiger partial charge in [0, 0.05) is 38.1 Å². The maximum Gasteiger partial charge on any atom is 0.434 e. The molecule has 0 spiro atoms. The maximum absolute atomic E-state index is 14.3. The van der Waals surface area contributed by atoms with Gasteiger partial charge in [-0.25, -0.2) is 9.37 Å². The molecule has 0 saturated heterocycles. The number of pyridine rings is 1. The van der Waals surface area contributed by atoms with Crippen molar-refractivity contribution in [3.63, 3.8) is 0 Å². The van der Waals surface area contributed by atoms with E-state index >= 15 is 0 Å². The Bertz CT molecular complexity index is 1150. The van der Waals surface area contributed by atoms with E-state index in [-0.39, 0.29) is 23.3 Å². The Balaban J connectivity index is 1.36. The van der Waals surface area contributed by atoms with Crippen molar-refractivity contribution in [1.82, 2.24) is 14.7 Å². The number of imidazole rings is 1. The van der Waals surface area contributed by atoms with Gasteiger partial charge < -0.3 is 15.5 Å². The monoisotopic (exact) mass is 463 g/mol. The summed E-state index contributed by atoms with van der Waals surface area (Å²) in [6, 6.07) is 9.35.